The van der Waals surface area contributed by atoms with Gasteiger partial charge in [-0.1, -0.05) is 30.3 Å². The van der Waals surface area contributed by atoms with E-state index in [4.69, 9.17) is 0 Å². The summed E-state index contributed by atoms with van der Waals surface area (Å²) in [5.74, 6) is 0.754. The SMILES string of the molecule is CNc1ncnc2c(-c3ccccc3)n[nH]c12. The molecular weight excluding hydrogens is 214 g/mol. The van der Waals surface area contributed by atoms with E-state index in [0.717, 1.165) is 28.1 Å². The Hall–Kier alpha value is -2.43. The zero-order valence-electron chi connectivity index (χ0n) is 9.31. The quantitative estimate of drug-likeness (QED) is 0.700. The first-order chi connectivity index (χ1) is 8.40. The fourth-order valence-corrected chi connectivity index (χ4v) is 1.82. The molecule has 2 heterocycles. The second kappa shape index (κ2) is 3.86. The van der Waals surface area contributed by atoms with Crippen molar-refractivity contribution in [3.8, 4) is 11.3 Å². The van der Waals surface area contributed by atoms with E-state index < -0.39 is 0 Å². The van der Waals surface area contributed by atoms with Gasteiger partial charge in [-0.2, -0.15) is 5.10 Å². The molecule has 0 aliphatic heterocycles. The van der Waals surface area contributed by atoms with E-state index in [0.29, 0.717) is 0 Å². The number of anilines is 1. The number of hydrogen-bond donors (Lipinski definition) is 2. The summed E-state index contributed by atoms with van der Waals surface area (Å²) in [6.07, 6.45) is 1.54. The largest absolute Gasteiger partial charge is 0.371 e. The Kier molecular flexibility index (Phi) is 2.22. The molecule has 3 aromatic rings. The van der Waals surface area contributed by atoms with Crippen LogP contribution in [-0.4, -0.2) is 27.2 Å². The smallest absolute Gasteiger partial charge is 0.155 e. The third-order valence-electron chi connectivity index (χ3n) is 2.64. The second-order valence-electron chi connectivity index (χ2n) is 3.63. The summed E-state index contributed by atoms with van der Waals surface area (Å²) in [5, 5.41) is 10.3. The minimum atomic E-state index is 0.754. The average molecular weight is 225 g/mol. The van der Waals surface area contributed by atoms with E-state index in [-0.39, 0.29) is 0 Å². The first kappa shape index (κ1) is 9.77. The van der Waals surface area contributed by atoms with Crippen LogP contribution in [-0.2, 0) is 0 Å². The van der Waals surface area contributed by atoms with Crippen LogP contribution in [0.25, 0.3) is 22.3 Å². The number of hydrogen-bond acceptors (Lipinski definition) is 4. The third-order valence-corrected chi connectivity index (χ3v) is 2.64. The Morgan fingerprint density at radius 2 is 1.94 bits per heavy atom. The van der Waals surface area contributed by atoms with Crippen LogP contribution in [0.4, 0.5) is 5.82 Å². The lowest BCUT2D eigenvalue weighted by Gasteiger charge is -1.99. The van der Waals surface area contributed by atoms with Crippen molar-refractivity contribution >= 4 is 16.9 Å². The summed E-state index contributed by atoms with van der Waals surface area (Å²) in [6.45, 7) is 0. The van der Waals surface area contributed by atoms with Gasteiger partial charge in [-0.05, 0) is 0 Å². The highest BCUT2D eigenvalue weighted by Crippen LogP contribution is 2.26. The zero-order chi connectivity index (χ0) is 11.7. The molecule has 2 aromatic heterocycles. The summed E-state index contributed by atoms with van der Waals surface area (Å²) in [5.41, 5.74) is 3.54. The molecule has 0 fully saturated rings. The van der Waals surface area contributed by atoms with Crippen LogP contribution < -0.4 is 5.32 Å². The normalized spacial score (nSPS) is 10.6. The minimum Gasteiger partial charge on any atom is -0.371 e. The summed E-state index contributed by atoms with van der Waals surface area (Å²) >= 11 is 0. The standard InChI is InChI=1S/C12H11N5/c1-13-12-11-10(14-7-15-12)9(16-17-11)8-5-3-2-4-6-8/h2-7H,1H3,(H,16,17)(H,13,14,15). The Labute approximate surface area is 97.9 Å². The molecule has 0 atom stereocenters. The maximum Gasteiger partial charge on any atom is 0.155 e. The van der Waals surface area contributed by atoms with Crippen molar-refractivity contribution in [2.75, 3.05) is 12.4 Å². The highest BCUT2D eigenvalue weighted by Gasteiger charge is 2.11. The fraction of sp³-hybridized carbons (Fsp3) is 0.0833. The van der Waals surface area contributed by atoms with Crippen LogP contribution in [0.2, 0.25) is 0 Å². The van der Waals surface area contributed by atoms with Crippen LogP contribution in [0.15, 0.2) is 36.7 Å². The molecule has 0 amide bonds. The van der Waals surface area contributed by atoms with Crippen LogP contribution in [0.5, 0.6) is 0 Å². The second-order valence-corrected chi connectivity index (χ2v) is 3.63. The average Bonchev–Trinajstić information content (AvgIpc) is 2.83. The summed E-state index contributed by atoms with van der Waals surface area (Å²) < 4.78 is 0. The van der Waals surface area contributed by atoms with Gasteiger partial charge in [-0.25, -0.2) is 9.97 Å². The predicted octanol–water partition coefficient (Wildman–Crippen LogP) is 2.06. The maximum atomic E-state index is 4.31. The number of rotatable bonds is 2. The van der Waals surface area contributed by atoms with Crippen molar-refractivity contribution in [3.05, 3.63) is 36.7 Å². The van der Waals surface area contributed by atoms with Gasteiger partial charge in [0.25, 0.3) is 0 Å². The van der Waals surface area contributed by atoms with Crippen molar-refractivity contribution in [1.29, 1.82) is 0 Å². The van der Waals surface area contributed by atoms with Crippen LogP contribution in [0, 0.1) is 0 Å². The van der Waals surface area contributed by atoms with Gasteiger partial charge >= 0.3 is 0 Å². The first-order valence-electron chi connectivity index (χ1n) is 5.32. The number of H-pyrrole nitrogens is 1. The molecule has 1 aromatic carbocycles. The fourth-order valence-electron chi connectivity index (χ4n) is 1.82. The summed E-state index contributed by atoms with van der Waals surface area (Å²) in [4.78, 5) is 8.42. The molecule has 0 unspecified atom stereocenters. The molecule has 0 bridgehead atoms. The monoisotopic (exact) mass is 225 g/mol. The zero-order valence-corrected chi connectivity index (χ0v) is 9.31. The van der Waals surface area contributed by atoms with Crippen molar-refractivity contribution in [2.45, 2.75) is 0 Å². The minimum absolute atomic E-state index is 0.754. The van der Waals surface area contributed by atoms with Gasteiger partial charge in [0.05, 0.1) is 0 Å². The molecule has 0 saturated heterocycles. The molecule has 0 aliphatic rings. The molecular formula is C12H11N5. The highest BCUT2D eigenvalue weighted by atomic mass is 15.2. The number of aromatic nitrogens is 4. The Morgan fingerprint density at radius 1 is 1.12 bits per heavy atom. The Balaban J connectivity index is 2.26. The third kappa shape index (κ3) is 1.52. The summed E-state index contributed by atoms with van der Waals surface area (Å²) in [7, 11) is 1.82. The van der Waals surface area contributed by atoms with E-state index in [9.17, 15) is 0 Å². The molecule has 5 nitrogen and oxygen atoms in total. The van der Waals surface area contributed by atoms with E-state index in [2.05, 4.69) is 25.5 Å². The van der Waals surface area contributed by atoms with Gasteiger partial charge in [0, 0.05) is 12.6 Å². The molecule has 84 valence electrons. The molecule has 3 rings (SSSR count). The Bertz CT molecular complexity index is 644. The van der Waals surface area contributed by atoms with Gasteiger partial charge in [0.15, 0.2) is 5.82 Å². The van der Waals surface area contributed by atoms with Gasteiger partial charge in [-0.3, -0.25) is 5.10 Å². The molecule has 17 heavy (non-hydrogen) atoms. The van der Waals surface area contributed by atoms with Crippen molar-refractivity contribution in [3.63, 3.8) is 0 Å². The molecule has 0 aliphatic carbocycles. The van der Waals surface area contributed by atoms with E-state index in [1.54, 1.807) is 0 Å². The van der Waals surface area contributed by atoms with E-state index in [1.807, 2.05) is 37.4 Å². The highest BCUT2D eigenvalue weighted by molar-refractivity contribution is 5.94. The van der Waals surface area contributed by atoms with E-state index in [1.165, 1.54) is 6.33 Å². The number of nitrogens with one attached hydrogen (secondary N) is 2. The molecule has 2 N–H and O–H groups in total. The molecule has 5 heteroatoms. The molecule has 0 spiro atoms. The lowest BCUT2D eigenvalue weighted by Crippen LogP contribution is -1.93. The number of fused-ring (bicyclic) bond motifs is 1. The van der Waals surface area contributed by atoms with E-state index >= 15 is 0 Å². The van der Waals surface area contributed by atoms with Gasteiger partial charge in [0.2, 0.25) is 0 Å². The maximum absolute atomic E-state index is 4.31. The van der Waals surface area contributed by atoms with Crippen LogP contribution >= 0.6 is 0 Å². The van der Waals surface area contributed by atoms with Crippen molar-refractivity contribution in [2.24, 2.45) is 0 Å². The lowest BCUT2D eigenvalue weighted by atomic mass is 10.1. The van der Waals surface area contributed by atoms with Crippen LogP contribution in [0.3, 0.4) is 0 Å². The van der Waals surface area contributed by atoms with Gasteiger partial charge < -0.3 is 5.32 Å². The first-order valence-corrected chi connectivity index (χ1v) is 5.32. The summed E-state index contributed by atoms with van der Waals surface area (Å²) in [6, 6.07) is 9.96. The predicted molar refractivity (Wildman–Crippen MR) is 66.7 cm³/mol. The van der Waals surface area contributed by atoms with Gasteiger partial charge in [-0.15, -0.1) is 0 Å². The van der Waals surface area contributed by atoms with Crippen LogP contribution in [0.1, 0.15) is 0 Å². The topological polar surface area (TPSA) is 66.5 Å². The Morgan fingerprint density at radius 3 is 2.71 bits per heavy atom. The number of nitrogens with zero attached hydrogens (tertiary/aromatic N) is 3. The number of aromatic amines is 1. The number of benzene rings is 1. The van der Waals surface area contributed by atoms with Crippen molar-refractivity contribution in [1.82, 2.24) is 20.2 Å². The molecule has 0 saturated carbocycles. The molecule has 0 radical (unpaired) electrons. The van der Waals surface area contributed by atoms with Gasteiger partial charge in [0.1, 0.15) is 23.1 Å². The van der Waals surface area contributed by atoms with Crippen molar-refractivity contribution < 1.29 is 0 Å². The lowest BCUT2D eigenvalue weighted by molar-refractivity contribution is 1.12.